The van der Waals surface area contributed by atoms with Crippen LogP contribution in [-0.2, 0) is 6.54 Å². The molecule has 25 heavy (non-hydrogen) atoms. The number of benzene rings is 1. The Morgan fingerprint density at radius 2 is 2.12 bits per heavy atom. The van der Waals surface area contributed by atoms with E-state index in [9.17, 15) is 9.59 Å². The van der Waals surface area contributed by atoms with Crippen LogP contribution in [0.5, 0.6) is 0 Å². The Hall–Kier alpha value is -2.83. The molecule has 0 saturated carbocycles. The van der Waals surface area contributed by atoms with Crippen LogP contribution in [0.1, 0.15) is 33.5 Å². The van der Waals surface area contributed by atoms with Crippen LogP contribution in [0.2, 0.25) is 0 Å². The van der Waals surface area contributed by atoms with Crippen molar-refractivity contribution >= 4 is 17.6 Å². The van der Waals surface area contributed by atoms with Crippen molar-refractivity contribution in [2.45, 2.75) is 20.4 Å². The summed E-state index contributed by atoms with van der Waals surface area (Å²) in [6, 6.07) is 9.66. The third-order valence-electron chi connectivity index (χ3n) is 4.48. The number of hydrogen-bond donors (Lipinski definition) is 1. The molecular weight excluding hydrogens is 320 g/mol. The molecule has 1 N–H and O–H groups in total. The molecule has 0 atom stereocenters. The fourth-order valence-corrected chi connectivity index (χ4v) is 3.09. The molecule has 0 aliphatic carbocycles. The summed E-state index contributed by atoms with van der Waals surface area (Å²) in [4.78, 5) is 27.6. The van der Waals surface area contributed by atoms with Crippen LogP contribution < -0.4 is 4.90 Å². The number of hydrogen-bond acceptors (Lipinski definition) is 4. The molecule has 132 valence electrons. The predicted molar refractivity (Wildman–Crippen MR) is 94.2 cm³/mol. The van der Waals surface area contributed by atoms with E-state index in [1.807, 2.05) is 6.07 Å². The summed E-state index contributed by atoms with van der Waals surface area (Å²) in [7, 11) is 0. The zero-order chi connectivity index (χ0) is 18.0. The van der Waals surface area contributed by atoms with Gasteiger partial charge < -0.3 is 14.9 Å². The number of nitrogens with zero attached hydrogens (tertiary/aromatic N) is 4. The van der Waals surface area contributed by atoms with Gasteiger partial charge in [0.2, 0.25) is 0 Å². The highest BCUT2D eigenvalue weighted by Gasteiger charge is 2.27. The third kappa shape index (κ3) is 3.50. The summed E-state index contributed by atoms with van der Waals surface area (Å²) < 4.78 is 1.49. The fourth-order valence-electron chi connectivity index (χ4n) is 3.09. The molecule has 0 bridgehead atoms. The molecule has 7 heteroatoms. The first-order chi connectivity index (χ1) is 12.0. The van der Waals surface area contributed by atoms with Crippen molar-refractivity contribution in [2.24, 2.45) is 0 Å². The van der Waals surface area contributed by atoms with Crippen molar-refractivity contribution in [3.63, 3.8) is 0 Å². The second kappa shape index (κ2) is 6.96. The van der Waals surface area contributed by atoms with Crippen LogP contribution in [0.15, 0.2) is 30.3 Å². The number of carboxylic acid groups (broad SMARTS) is 1. The second-order valence-corrected chi connectivity index (χ2v) is 6.15. The monoisotopic (exact) mass is 342 g/mol. The van der Waals surface area contributed by atoms with Crippen LogP contribution in [0.4, 0.5) is 5.69 Å². The Morgan fingerprint density at radius 1 is 1.32 bits per heavy atom. The molecular formula is C18H22N4O3. The molecule has 0 saturated heterocycles. The van der Waals surface area contributed by atoms with Gasteiger partial charge >= 0.3 is 5.97 Å². The maximum atomic E-state index is 12.6. The molecule has 2 heterocycles. The van der Waals surface area contributed by atoms with Crippen LogP contribution in [0.25, 0.3) is 0 Å². The molecule has 0 fully saturated rings. The van der Waals surface area contributed by atoms with Gasteiger partial charge in [0.05, 0.1) is 6.54 Å². The smallest absolute Gasteiger partial charge is 0.356 e. The summed E-state index contributed by atoms with van der Waals surface area (Å²) in [5, 5.41) is 13.0. The van der Waals surface area contributed by atoms with Crippen molar-refractivity contribution < 1.29 is 14.7 Å². The Morgan fingerprint density at radius 3 is 2.80 bits per heavy atom. The van der Waals surface area contributed by atoms with Gasteiger partial charge in [-0.3, -0.25) is 9.48 Å². The van der Waals surface area contributed by atoms with Crippen molar-refractivity contribution in [3.05, 3.63) is 47.3 Å². The van der Waals surface area contributed by atoms with E-state index in [4.69, 9.17) is 5.11 Å². The summed E-state index contributed by atoms with van der Waals surface area (Å²) in [5.41, 5.74) is 2.61. The molecule has 0 unspecified atom stereocenters. The van der Waals surface area contributed by atoms with Crippen LogP contribution in [-0.4, -0.2) is 57.8 Å². The minimum absolute atomic E-state index is 0.0832. The van der Waals surface area contributed by atoms with Crippen molar-refractivity contribution in [2.75, 3.05) is 31.1 Å². The molecule has 1 aliphatic heterocycles. The number of likely N-dealkylation sites (N-methyl/N-ethyl adjacent to an activating group) is 1. The third-order valence-corrected chi connectivity index (χ3v) is 4.48. The van der Waals surface area contributed by atoms with E-state index in [-0.39, 0.29) is 11.6 Å². The van der Waals surface area contributed by atoms with Crippen LogP contribution in [0, 0.1) is 6.92 Å². The number of rotatable bonds is 6. The summed E-state index contributed by atoms with van der Waals surface area (Å²) in [5.74, 6) is -1.27. The highest BCUT2D eigenvalue weighted by atomic mass is 16.4. The normalized spacial score (nSPS) is 13.7. The standard InChI is InChI=1S/C18H22N4O3/c1-3-20(14-6-4-5-13(2)11-14)7-8-21-9-10-22-16(17(21)23)12-15(19-22)18(24)25/h4-6,11-12H,3,7-10H2,1-2H3,(H,24,25). The van der Waals surface area contributed by atoms with Crippen molar-refractivity contribution in [1.82, 2.24) is 14.7 Å². The number of amides is 1. The lowest BCUT2D eigenvalue weighted by atomic mass is 10.2. The van der Waals surface area contributed by atoms with Crippen LogP contribution in [0.3, 0.4) is 0 Å². The highest BCUT2D eigenvalue weighted by molar-refractivity contribution is 5.96. The molecule has 1 aromatic carbocycles. The molecule has 3 rings (SSSR count). The van der Waals surface area contributed by atoms with Gasteiger partial charge in [0.15, 0.2) is 5.69 Å². The topological polar surface area (TPSA) is 78.7 Å². The van der Waals surface area contributed by atoms with Crippen molar-refractivity contribution in [3.8, 4) is 0 Å². The van der Waals surface area contributed by atoms with E-state index in [0.29, 0.717) is 25.3 Å². The van der Waals surface area contributed by atoms with Gasteiger partial charge in [-0.25, -0.2) is 4.79 Å². The zero-order valence-electron chi connectivity index (χ0n) is 14.5. The van der Waals surface area contributed by atoms with Gasteiger partial charge in [-0.05, 0) is 31.5 Å². The average molecular weight is 342 g/mol. The summed E-state index contributed by atoms with van der Waals surface area (Å²) in [6.45, 7) is 7.39. The molecule has 1 amide bonds. The van der Waals surface area contributed by atoms with E-state index in [0.717, 1.165) is 18.8 Å². The van der Waals surface area contributed by atoms with Crippen molar-refractivity contribution in [1.29, 1.82) is 0 Å². The van der Waals surface area contributed by atoms with E-state index < -0.39 is 5.97 Å². The Labute approximate surface area is 146 Å². The van der Waals surface area contributed by atoms with E-state index in [1.54, 1.807) is 4.90 Å². The SMILES string of the molecule is CCN(CCN1CCn2nc(C(=O)O)cc2C1=O)c1cccc(C)c1. The Bertz CT molecular complexity index is 799. The van der Waals surface area contributed by atoms with Gasteiger partial charge in [-0.15, -0.1) is 0 Å². The number of aryl methyl sites for hydroxylation is 1. The van der Waals surface area contributed by atoms with E-state index in [1.165, 1.54) is 16.3 Å². The number of carboxylic acids is 1. The lowest BCUT2D eigenvalue weighted by Gasteiger charge is -2.31. The first kappa shape index (κ1) is 17.0. The molecule has 1 aliphatic rings. The van der Waals surface area contributed by atoms with Crippen LogP contribution >= 0.6 is 0 Å². The van der Waals surface area contributed by atoms with Gasteiger partial charge in [0.1, 0.15) is 5.69 Å². The molecule has 2 aromatic rings. The Kier molecular flexibility index (Phi) is 4.74. The molecule has 7 nitrogen and oxygen atoms in total. The largest absolute Gasteiger partial charge is 0.476 e. The summed E-state index contributed by atoms with van der Waals surface area (Å²) >= 11 is 0. The average Bonchev–Trinajstić information content (AvgIpc) is 3.03. The molecule has 1 aromatic heterocycles. The number of fused-ring (bicyclic) bond motifs is 1. The first-order valence-corrected chi connectivity index (χ1v) is 8.41. The lowest BCUT2D eigenvalue weighted by Crippen LogP contribution is -2.44. The maximum absolute atomic E-state index is 12.6. The quantitative estimate of drug-likeness (QED) is 0.867. The van der Waals surface area contributed by atoms with Gasteiger partial charge in [-0.1, -0.05) is 12.1 Å². The maximum Gasteiger partial charge on any atom is 0.356 e. The zero-order valence-corrected chi connectivity index (χ0v) is 14.5. The number of aromatic carboxylic acids is 1. The van der Waals surface area contributed by atoms with Gasteiger partial charge in [0, 0.05) is 37.9 Å². The molecule has 0 radical (unpaired) electrons. The Balaban J connectivity index is 1.69. The highest BCUT2D eigenvalue weighted by Crippen LogP contribution is 2.17. The minimum atomic E-state index is -1.11. The summed E-state index contributed by atoms with van der Waals surface area (Å²) in [6.07, 6.45) is 0. The fraction of sp³-hybridized carbons (Fsp3) is 0.389. The number of carbonyl (C=O) groups excluding carboxylic acids is 1. The van der Waals surface area contributed by atoms with Gasteiger partial charge in [-0.2, -0.15) is 5.10 Å². The van der Waals surface area contributed by atoms with Gasteiger partial charge in [0.25, 0.3) is 5.91 Å². The molecule has 0 spiro atoms. The second-order valence-electron chi connectivity index (χ2n) is 6.15. The lowest BCUT2D eigenvalue weighted by molar-refractivity contribution is 0.0679. The number of anilines is 1. The number of aromatic nitrogens is 2. The predicted octanol–water partition coefficient (Wildman–Crippen LogP) is 1.87. The van der Waals surface area contributed by atoms with E-state index >= 15 is 0 Å². The number of carbonyl (C=O) groups is 2. The minimum Gasteiger partial charge on any atom is -0.476 e. The van der Waals surface area contributed by atoms with E-state index in [2.05, 4.69) is 42.0 Å². The first-order valence-electron chi connectivity index (χ1n) is 8.41.